The molecule has 0 heterocycles. The molecule has 5 rings (SSSR count). The van der Waals surface area contributed by atoms with Crippen LogP contribution >= 0.6 is 0 Å². The summed E-state index contributed by atoms with van der Waals surface area (Å²) in [5.41, 5.74) is 3.96. The van der Waals surface area contributed by atoms with Gasteiger partial charge in [0.2, 0.25) is 0 Å². The summed E-state index contributed by atoms with van der Waals surface area (Å²) in [5, 5.41) is 0. The summed E-state index contributed by atoms with van der Waals surface area (Å²) in [6, 6.07) is 4.18. The molecule has 0 spiro atoms. The molecule has 0 nitrogen and oxygen atoms in total. The highest BCUT2D eigenvalue weighted by molar-refractivity contribution is 5.62. The monoisotopic (exact) mass is 284 g/mol. The van der Waals surface area contributed by atoms with Crippen LogP contribution in [0.2, 0.25) is 0 Å². The summed E-state index contributed by atoms with van der Waals surface area (Å²) in [5.74, 6) is 11.0. The molecule has 1 aromatic carbocycles. The molecule has 0 N–H and O–H groups in total. The van der Waals surface area contributed by atoms with E-state index < -0.39 is 0 Å². The van der Waals surface area contributed by atoms with E-state index >= 15 is 0 Å². The van der Waals surface area contributed by atoms with Gasteiger partial charge in [-0.1, -0.05) is 23.8 Å². The molecule has 0 atom stereocenters. The van der Waals surface area contributed by atoms with Crippen molar-refractivity contribution in [2.24, 2.45) is 17.8 Å². The maximum atomic E-state index is 5.86. The predicted octanol–water partition coefficient (Wildman–Crippen LogP) is 4.10. The SMILES string of the molecule is C#Cc1ccc(C23CC4CC(CC(C4)C2)C3)c(C#C)c1C#C. The molecular formula is C22H20. The van der Waals surface area contributed by atoms with Gasteiger partial charge in [0.1, 0.15) is 0 Å². The van der Waals surface area contributed by atoms with E-state index in [1.807, 2.05) is 6.07 Å². The molecule has 0 saturated heterocycles. The normalized spacial score (nSPS) is 34.7. The zero-order chi connectivity index (χ0) is 15.3. The third kappa shape index (κ3) is 1.76. The largest absolute Gasteiger partial charge is 0.115 e. The third-order valence-corrected chi connectivity index (χ3v) is 6.26. The Morgan fingerprint density at radius 1 is 0.773 bits per heavy atom. The lowest BCUT2D eigenvalue weighted by Crippen LogP contribution is -2.48. The van der Waals surface area contributed by atoms with Crippen molar-refractivity contribution >= 4 is 0 Å². The highest BCUT2D eigenvalue weighted by atomic mass is 14.6. The van der Waals surface area contributed by atoms with Crippen LogP contribution in [0.1, 0.15) is 60.8 Å². The van der Waals surface area contributed by atoms with Gasteiger partial charge in [-0.2, -0.15) is 0 Å². The predicted molar refractivity (Wildman–Crippen MR) is 90.1 cm³/mol. The summed E-state index contributed by atoms with van der Waals surface area (Å²) < 4.78 is 0. The first-order valence-corrected chi connectivity index (χ1v) is 8.26. The number of terminal acetylenes is 3. The fraction of sp³-hybridized carbons (Fsp3) is 0.455. The Kier molecular flexibility index (Phi) is 2.90. The fourth-order valence-electron chi connectivity index (χ4n) is 5.91. The summed E-state index contributed by atoms with van der Waals surface area (Å²) in [6.45, 7) is 0. The highest BCUT2D eigenvalue weighted by Gasteiger charge is 2.52. The van der Waals surface area contributed by atoms with Crippen LogP contribution in [-0.4, -0.2) is 0 Å². The van der Waals surface area contributed by atoms with Gasteiger partial charge in [0, 0.05) is 11.1 Å². The van der Waals surface area contributed by atoms with Crippen LogP contribution < -0.4 is 0 Å². The van der Waals surface area contributed by atoms with E-state index in [-0.39, 0.29) is 5.41 Å². The molecule has 22 heavy (non-hydrogen) atoms. The Morgan fingerprint density at radius 2 is 1.32 bits per heavy atom. The molecule has 4 fully saturated rings. The van der Waals surface area contributed by atoms with Gasteiger partial charge in [-0.15, -0.1) is 19.3 Å². The van der Waals surface area contributed by atoms with Crippen molar-refractivity contribution in [3.05, 3.63) is 34.4 Å². The molecule has 0 unspecified atom stereocenters. The van der Waals surface area contributed by atoms with Gasteiger partial charge in [-0.25, -0.2) is 0 Å². The lowest BCUT2D eigenvalue weighted by atomic mass is 9.47. The van der Waals surface area contributed by atoms with Crippen molar-refractivity contribution in [3.8, 4) is 37.0 Å². The lowest BCUT2D eigenvalue weighted by molar-refractivity contribution is -0.00530. The minimum Gasteiger partial charge on any atom is -0.115 e. The molecule has 4 bridgehead atoms. The molecule has 0 amide bonds. The number of hydrogen-bond acceptors (Lipinski definition) is 0. The van der Waals surface area contributed by atoms with Gasteiger partial charge >= 0.3 is 0 Å². The Bertz CT molecular complexity index is 722. The van der Waals surface area contributed by atoms with Gasteiger partial charge in [-0.05, 0) is 73.3 Å². The number of benzene rings is 1. The third-order valence-electron chi connectivity index (χ3n) is 6.26. The lowest BCUT2D eigenvalue weighted by Gasteiger charge is -2.57. The summed E-state index contributed by atoms with van der Waals surface area (Å²) in [7, 11) is 0. The Labute approximate surface area is 133 Å². The minimum absolute atomic E-state index is 0.259. The zero-order valence-corrected chi connectivity index (χ0v) is 12.9. The van der Waals surface area contributed by atoms with Crippen molar-refractivity contribution in [1.82, 2.24) is 0 Å². The smallest absolute Gasteiger partial charge is 0.0558 e. The molecule has 4 aliphatic rings. The molecule has 1 aromatic rings. The zero-order valence-electron chi connectivity index (χ0n) is 12.9. The quantitative estimate of drug-likeness (QED) is 0.681. The summed E-state index contributed by atoms with van der Waals surface area (Å²) in [6.07, 6.45) is 25.3. The Balaban J connectivity index is 1.89. The Morgan fingerprint density at radius 3 is 1.77 bits per heavy atom. The maximum absolute atomic E-state index is 5.86. The fourth-order valence-corrected chi connectivity index (χ4v) is 5.91. The number of hydrogen-bond donors (Lipinski definition) is 0. The van der Waals surface area contributed by atoms with Crippen molar-refractivity contribution < 1.29 is 0 Å². The van der Waals surface area contributed by atoms with E-state index in [4.69, 9.17) is 19.3 Å². The van der Waals surface area contributed by atoms with E-state index in [1.54, 1.807) is 0 Å². The average molecular weight is 284 g/mol. The standard InChI is InChI=1S/C22H20/c1-4-18-7-8-21(20(6-3)19(18)5-2)22-12-15-9-16(13-22)11-17(10-15)14-22/h1-3,7-8,15-17H,9-14H2. The van der Waals surface area contributed by atoms with Crippen molar-refractivity contribution in [2.75, 3.05) is 0 Å². The van der Waals surface area contributed by atoms with E-state index in [1.165, 1.54) is 44.1 Å². The molecule has 0 heteroatoms. The van der Waals surface area contributed by atoms with Gasteiger partial charge < -0.3 is 0 Å². The van der Waals surface area contributed by atoms with Gasteiger partial charge in [0.15, 0.2) is 0 Å². The first kappa shape index (κ1) is 13.6. The highest BCUT2D eigenvalue weighted by Crippen LogP contribution is 2.61. The number of rotatable bonds is 1. The van der Waals surface area contributed by atoms with Crippen molar-refractivity contribution in [2.45, 2.75) is 43.9 Å². The second kappa shape index (κ2) is 4.70. The van der Waals surface area contributed by atoms with Crippen LogP contribution in [0.4, 0.5) is 0 Å². The van der Waals surface area contributed by atoms with E-state index in [0.717, 1.165) is 34.4 Å². The molecule has 0 aliphatic heterocycles. The minimum atomic E-state index is 0.259. The maximum Gasteiger partial charge on any atom is 0.0558 e. The first-order valence-electron chi connectivity index (χ1n) is 8.26. The van der Waals surface area contributed by atoms with Crippen LogP contribution in [0.5, 0.6) is 0 Å². The summed E-state index contributed by atoms with van der Waals surface area (Å²) in [4.78, 5) is 0. The first-order chi connectivity index (χ1) is 10.7. The molecular weight excluding hydrogens is 264 g/mol. The molecule has 0 aromatic heterocycles. The van der Waals surface area contributed by atoms with Crippen LogP contribution in [0.15, 0.2) is 12.1 Å². The van der Waals surface area contributed by atoms with Crippen molar-refractivity contribution in [3.63, 3.8) is 0 Å². The molecule has 4 saturated carbocycles. The topological polar surface area (TPSA) is 0 Å². The van der Waals surface area contributed by atoms with Gasteiger partial charge in [0.05, 0.1) is 5.56 Å². The van der Waals surface area contributed by atoms with Crippen molar-refractivity contribution in [1.29, 1.82) is 0 Å². The Hall–Kier alpha value is -2.10. The van der Waals surface area contributed by atoms with Crippen LogP contribution in [0.3, 0.4) is 0 Å². The molecule has 4 aliphatic carbocycles. The second-order valence-corrected chi connectivity index (χ2v) is 7.54. The van der Waals surface area contributed by atoms with Gasteiger partial charge in [0.25, 0.3) is 0 Å². The van der Waals surface area contributed by atoms with E-state index in [2.05, 4.69) is 23.8 Å². The van der Waals surface area contributed by atoms with E-state index in [9.17, 15) is 0 Å². The van der Waals surface area contributed by atoms with E-state index in [0.29, 0.717) is 0 Å². The average Bonchev–Trinajstić information content (AvgIpc) is 2.51. The second-order valence-electron chi connectivity index (χ2n) is 7.54. The van der Waals surface area contributed by atoms with Crippen LogP contribution in [0.25, 0.3) is 0 Å². The molecule has 108 valence electrons. The van der Waals surface area contributed by atoms with Crippen LogP contribution in [-0.2, 0) is 5.41 Å². The van der Waals surface area contributed by atoms with Crippen LogP contribution in [0, 0.1) is 54.8 Å². The summed E-state index contributed by atoms with van der Waals surface area (Å²) >= 11 is 0. The van der Waals surface area contributed by atoms with Gasteiger partial charge in [-0.3, -0.25) is 0 Å². The molecule has 0 radical (unpaired) electrons.